The number of aryl methyl sites for hydroxylation is 1. The molecule has 2 N–H and O–H groups in total. The number of aromatic carboxylic acids is 1. The zero-order valence-electron chi connectivity index (χ0n) is 11.4. The lowest BCUT2D eigenvalue weighted by molar-refractivity contribution is 0.0690. The Morgan fingerprint density at radius 3 is 3.05 bits per heavy atom. The van der Waals surface area contributed by atoms with Crippen molar-refractivity contribution < 1.29 is 9.90 Å². The van der Waals surface area contributed by atoms with E-state index in [1.165, 1.54) is 4.40 Å². The normalized spacial score (nSPS) is 10.9. The van der Waals surface area contributed by atoms with Crippen molar-refractivity contribution in [3.8, 4) is 0 Å². The van der Waals surface area contributed by atoms with Crippen LogP contribution in [0, 0.1) is 0 Å². The second-order valence-corrected chi connectivity index (χ2v) is 4.43. The van der Waals surface area contributed by atoms with Gasteiger partial charge < -0.3 is 15.0 Å². The number of nitrogens with zero attached hydrogens (tertiary/aromatic N) is 5. The Bertz CT molecular complexity index is 791. The predicted molar refractivity (Wildman–Crippen MR) is 75.2 cm³/mol. The fraction of sp³-hybridized carbons (Fsp3) is 0.231. The molecule has 108 valence electrons. The molecule has 0 amide bonds. The number of rotatable bonds is 5. The monoisotopic (exact) mass is 286 g/mol. The summed E-state index contributed by atoms with van der Waals surface area (Å²) in [6.45, 7) is 3.10. The molecule has 0 aliphatic heterocycles. The van der Waals surface area contributed by atoms with E-state index in [4.69, 9.17) is 0 Å². The molecule has 0 saturated heterocycles. The van der Waals surface area contributed by atoms with Gasteiger partial charge in [0.25, 0.3) is 0 Å². The lowest BCUT2D eigenvalue weighted by Crippen LogP contribution is -2.11. The van der Waals surface area contributed by atoms with Crippen molar-refractivity contribution in [2.45, 2.75) is 20.0 Å². The molecule has 8 heteroatoms. The summed E-state index contributed by atoms with van der Waals surface area (Å²) >= 11 is 0. The molecule has 0 radical (unpaired) electrons. The summed E-state index contributed by atoms with van der Waals surface area (Å²) in [6, 6.07) is 5.33. The number of hydrogen-bond acceptors (Lipinski definition) is 5. The van der Waals surface area contributed by atoms with E-state index < -0.39 is 5.97 Å². The Hall–Kier alpha value is -2.90. The van der Waals surface area contributed by atoms with E-state index in [1.807, 2.05) is 17.6 Å². The maximum absolute atomic E-state index is 11.4. The number of carbonyl (C=O) groups is 1. The summed E-state index contributed by atoms with van der Waals surface area (Å²) in [5, 5.41) is 20.2. The molecule has 8 nitrogen and oxygen atoms in total. The van der Waals surface area contributed by atoms with E-state index >= 15 is 0 Å². The molecule has 0 unspecified atom stereocenters. The average Bonchev–Trinajstić information content (AvgIpc) is 3.08. The van der Waals surface area contributed by atoms with Gasteiger partial charge in [-0.05, 0) is 19.1 Å². The first kappa shape index (κ1) is 13.1. The largest absolute Gasteiger partial charge is 0.476 e. The van der Waals surface area contributed by atoms with E-state index in [2.05, 4.69) is 20.5 Å². The first-order valence-corrected chi connectivity index (χ1v) is 6.51. The highest BCUT2D eigenvalue weighted by Crippen LogP contribution is 2.18. The molecule has 0 fully saturated rings. The van der Waals surface area contributed by atoms with Crippen molar-refractivity contribution in [2.75, 3.05) is 5.32 Å². The van der Waals surface area contributed by atoms with Crippen LogP contribution in [0.25, 0.3) is 5.65 Å². The summed E-state index contributed by atoms with van der Waals surface area (Å²) in [7, 11) is 0. The molecule has 0 saturated carbocycles. The highest BCUT2D eigenvalue weighted by Gasteiger charge is 2.18. The summed E-state index contributed by atoms with van der Waals surface area (Å²) in [4.78, 5) is 15.7. The topological polar surface area (TPSA) is 97.3 Å². The molecule has 0 atom stereocenters. The fourth-order valence-corrected chi connectivity index (χ4v) is 2.17. The Morgan fingerprint density at radius 2 is 2.29 bits per heavy atom. The van der Waals surface area contributed by atoms with Crippen LogP contribution in [0.5, 0.6) is 0 Å². The lowest BCUT2D eigenvalue weighted by Gasteiger charge is -2.05. The predicted octanol–water partition coefficient (Wildman–Crippen LogP) is 1.26. The SMILES string of the molecule is CCn1cnnc1CNc1nc2ccccn2c1C(=O)O. The molecule has 3 aromatic rings. The summed E-state index contributed by atoms with van der Waals surface area (Å²) in [6.07, 6.45) is 3.31. The zero-order chi connectivity index (χ0) is 14.8. The van der Waals surface area contributed by atoms with Crippen molar-refractivity contribution in [3.05, 3.63) is 42.2 Å². The Morgan fingerprint density at radius 1 is 1.43 bits per heavy atom. The van der Waals surface area contributed by atoms with Gasteiger partial charge >= 0.3 is 5.97 Å². The minimum Gasteiger partial charge on any atom is -0.476 e. The summed E-state index contributed by atoms with van der Waals surface area (Å²) in [5.41, 5.74) is 0.683. The van der Waals surface area contributed by atoms with E-state index in [9.17, 15) is 9.90 Å². The van der Waals surface area contributed by atoms with Gasteiger partial charge in [-0.15, -0.1) is 10.2 Å². The van der Waals surface area contributed by atoms with E-state index in [0.29, 0.717) is 18.0 Å². The van der Waals surface area contributed by atoms with Crippen LogP contribution in [-0.4, -0.2) is 35.2 Å². The minimum absolute atomic E-state index is 0.105. The lowest BCUT2D eigenvalue weighted by atomic mass is 10.4. The van der Waals surface area contributed by atoms with Crippen LogP contribution >= 0.6 is 0 Å². The smallest absolute Gasteiger partial charge is 0.356 e. The molecule has 0 bridgehead atoms. The van der Waals surface area contributed by atoms with Gasteiger partial charge in [-0.25, -0.2) is 9.78 Å². The third-order valence-electron chi connectivity index (χ3n) is 3.18. The maximum Gasteiger partial charge on any atom is 0.356 e. The Labute approximate surface area is 120 Å². The van der Waals surface area contributed by atoms with Crippen LogP contribution in [0.2, 0.25) is 0 Å². The van der Waals surface area contributed by atoms with Crippen LogP contribution in [0.4, 0.5) is 5.82 Å². The number of hydrogen-bond donors (Lipinski definition) is 2. The zero-order valence-corrected chi connectivity index (χ0v) is 11.4. The van der Waals surface area contributed by atoms with Crippen molar-refractivity contribution in [3.63, 3.8) is 0 Å². The van der Waals surface area contributed by atoms with E-state index in [0.717, 1.165) is 12.4 Å². The third-order valence-corrected chi connectivity index (χ3v) is 3.18. The number of carboxylic acid groups (broad SMARTS) is 1. The highest BCUT2D eigenvalue weighted by atomic mass is 16.4. The summed E-state index contributed by atoms with van der Waals surface area (Å²) in [5.74, 6) is 0.0124. The number of fused-ring (bicyclic) bond motifs is 1. The van der Waals surface area contributed by atoms with Gasteiger partial charge in [0.2, 0.25) is 0 Å². The number of pyridine rings is 1. The maximum atomic E-state index is 11.4. The first-order valence-electron chi connectivity index (χ1n) is 6.51. The molecule has 0 aromatic carbocycles. The van der Waals surface area contributed by atoms with Crippen molar-refractivity contribution in [1.82, 2.24) is 24.1 Å². The van der Waals surface area contributed by atoms with Gasteiger partial charge in [-0.1, -0.05) is 6.07 Å². The van der Waals surface area contributed by atoms with E-state index in [-0.39, 0.29) is 5.69 Å². The van der Waals surface area contributed by atoms with Crippen LogP contribution in [-0.2, 0) is 13.1 Å². The fourth-order valence-electron chi connectivity index (χ4n) is 2.17. The van der Waals surface area contributed by atoms with Gasteiger partial charge in [-0.3, -0.25) is 4.40 Å². The molecule has 3 heterocycles. The van der Waals surface area contributed by atoms with Gasteiger partial charge in [0, 0.05) is 12.7 Å². The van der Waals surface area contributed by atoms with Gasteiger partial charge in [-0.2, -0.15) is 0 Å². The van der Waals surface area contributed by atoms with Crippen molar-refractivity contribution in [2.24, 2.45) is 0 Å². The summed E-state index contributed by atoms with van der Waals surface area (Å²) < 4.78 is 3.42. The first-order chi connectivity index (χ1) is 10.2. The standard InChI is InChI=1S/C13H14N6O2/c1-2-18-8-15-17-10(18)7-14-12-11(13(20)21)19-6-4-3-5-9(19)16-12/h3-6,8,14H,2,7H2,1H3,(H,20,21). The van der Waals surface area contributed by atoms with E-state index in [1.54, 1.807) is 24.7 Å². The molecule has 0 aliphatic rings. The number of nitrogens with one attached hydrogen (secondary N) is 1. The Balaban J connectivity index is 1.93. The number of carboxylic acids is 1. The van der Waals surface area contributed by atoms with Crippen LogP contribution < -0.4 is 5.32 Å². The van der Waals surface area contributed by atoms with Gasteiger partial charge in [0.05, 0.1) is 6.54 Å². The molecule has 3 rings (SSSR count). The number of aromatic nitrogens is 5. The molecular formula is C13H14N6O2. The van der Waals surface area contributed by atoms with Gasteiger partial charge in [0.1, 0.15) is 12.0 Å². The second kappa shape index (κ2) is 5.23. The van der Waals surface area contributed by atoms with Gasteiger partial charge in [0.15, 0.2) is 17.3 Å². The van der Waals surface area contributed by atoms with Crippen molar-refractivity contribution in [1.29, 1.82) is 0 Å². The third kappa shape index (κ3) is 2.31. The van der Waals surface area contributed by atoms with Crippen LogP contribution in [0.1, 0.15) is 23.2 Å². The molecule has 0 spiro atoms. The molecular weight excluding hydrogens is 272 g/mol. The quantitative estimate of drug-likeness (QED) is 0.732. The molecule has 21 heavy (non-hydrogen) atoms. The van der Waals surface area contributed by atoms with Crippen LogP contribution in [0.15, 0.2) is 30.7 Å². The molecule has 0 aliphatic carbocycles. The molecule has 3 aromatic heterocycles. The average molecular weight is 286 g/mol. The second-order valence-electron chi connectivity index (χ2n) is 4.43. The van der Waals surface area contributed by atoms with Crippen LogP contribution in [0.3, 0.4) is 0 Å². The minimum atomic E-state index is -1.03. The Kier molecular flexibility index (Phi) is 3.27. The highest BCUT2D eigenvalue weighted by molar-refractivity contribution is 5.92. The number of imidazole rings is 1. The van der Waals surface area contributed by atoms with Crippen molar-refractivity contribution >= 4 is 17.4 Å². The number of anilines is 1.